The van der Waals surface area contributed by atoms with Gasteiger partial charge in [0, 0.05) is 31.9 Å². The molecule has 0 aromatic carbocycles. The van der Waals surface area contributed by atoms with Crippen molar-refractivity contribution in [3.63, 3.8) is 0 Å². The van der Waals surface area contributed by atoms with E-state index in [-0.39, 0.29) is 11.6 Å². The number of nitrogens with zero attached hydrogens (tertiary/aromatic N) is 4. The molecule has 118 valence electrons. The van der Waals surface area contributed by atoms with Gasteiger partial charge in [0.1, 0.15) is 0 Å². The lowest BCUT2D eigenvalue weighted by atomic mass is 9.91. The highest BCUT2D eigenvalue weighted by molar-refractivity contribution is 4.99. The Morgan fingerprint density at radius 2 is 2.05 bits per heavy atom. The summed E-state index contributed by atoms with van der Waals surface area (Å²) in [5.41, 5.74) is 2.10. The second kappa shape index (κ2) is 6.44. The summed E-state index contributed by atoms with van der Waals surface area (Å²) < 4.78 is 3.71. The number of nitrogens with one attached hydrogen (secondary N) is 1. The Morgan fingerprint density at radius 3 is 2.73 bits per heavy atom. The molecule has 0 amide bonds. The Hall–Kier alpha value is -1.95. The molecule has 0 bridgehead atoms. The molecular weight excluding hydrogens is 278 g/mol. The highest BCUT2D eigenvalue weighted by atomic mass is 16.1. The summed E-state index contributed by atoms with van der Waals surface area (Å²) >= 11 is 0. The van der Waals surface area contributed by atoms with Gasteiger partial charge in [0.2, 0.25) is 0 Å². The molecule has 2 aromatic heterocycles. The van der Waals surface area contributed by atoms with Crippen molar-refractivity contribution in [2.45, 2.75) is 51.2 Å². The van der Waals surface area contributed by atoms with E-state index >= 15 is 0 Å². The topological polar surface area (TPSA) is 64.7 Å². The van der Waals surface area contributed by atoms with Crippen LogP contribution in [0.25, 0.3) is 0 Å². The van der Waals surface area contributed by atoms with Crippen molar-refractivity contribution in [1.82, 2.24) is 24.6 Å². The van der Waals surface area contributed by atoms with Gasteiger partial charge in [0.25, 0.3) is 5.56 Å². The van der Waals surface area contributed by atoms with E-state index in [0.717, 1.165) is 37.9 Å². The Bertz CT molecular complexity index is 682. The molecule has 0 spiro atoms. The van der Waals surface area contributed by atoms with E-state index in [0.29, 0.717) is 6.04 Å². The van der Waals surface area contributed by atoms with Gasteiger partial charge in [0.05, 0.1) is 23.8 Å². The molecule has 1 fully saturated rings. The van der Waals surface area contributed by atoms with Gasteiger partial charge in [-0.05, 0) is 38.7 Å². The Balaban J connectivity index is 1.55. The summed E-state index contributed by atoms with van der Waals surface area (Å²) in [7, 11) is 2.01. The lowest BCUT2D eigenvalue weighted by molar-refractivity contribution is 0.267. The molecule has 1 saturated carbocycles. The van der Waals surface area contributed by atoms with Crippen molar-refractivity contribution in [3.05, 3.63) is 46.4 Å². The zero-order chi connectivity index (χ0) is 15.5. The average molecular weight is 301 g/mol. The Labute approximate surface area is 130 Å². The van der Waals surface area contributed by atoms with Crippen LogP contribution in [0, 0.1) is 6.92 Å². The first-order valence-corrected chi connectivity index (χ1v) is 7.88. The van der Waals surface area contributed by atoms with E-state index in [4.69, 9.17) is 0 Å². The summed E-state index contributed by atoms with van der Waals surface area (Å²) in [6, 6.07) is 4.14. The number of imidazole rings is 1. The largest absolute Gasteiger partial charge is 0.337 e. The van der Waals surface area contributed by atoms with Crippen molar-refractivity contribution in [1.29, 1.82) is 0 Å². The van der Waals surface area contributed by atoms with Gasteiger partial charge < -0.3 is 9.88 Å². The molecule has 1 aliphatic carbocycles. The molecule has 1 N–H and O–H groups in total. The molecule has 6 nitrogen and oxygen atoms in total. The molecular formula is C16H23N5O. The first kappa shape index (κ1) is 15.0. The SMILES string of the molecule is Cc1ccc(=O)n(C2CCC(NCc3cncn3C)CC2)n1. The number of hydrogen-bond acceptors (Lipinski definition) is 4. The van der Waals surface area contributed by atoms with E-state index in [2.05, 4.69) is 15.4 Å². The van der Waals surface area contributed by atoms with Gasteiger partial charge in [-0.3, -0.25) is 4.79 Å². The predicted octanol–water partition coefficient (Wildman–Crippen LogP) is 1.56. The van der Waals surface area contributed by atoms with E-state index in [1.54, 1.807) is 16.8 Å². The van der Waals surface area contributed by atoms with Crippen LogP contribution in [0.3, 0.4) is 0 Å². The van der Waals surface area contributed by atoms with Crippen LogP contribution in [-0.4, -0.2) is 25.4 Å². The van der Waals surface area contributed by atoms with Crippen LogP contribution in [0.5, 0.6) is 0 Å². The third-order valence-electron chi connectivity index (χ3n) is 4.49. The molecule has 22 heavy (non-hydrogen) atoms. The summed E-state index contributed by atoms with van der Waals surface area (Å²) in [6.07, 6.45) is 7.87. The van der Waals surface area contributed by atoms with Crippen molar-refractivity contribution in [2.75, 3.05) is 0 Å². The first-order valence-electron chi connectivity index (χ1n) is 7.88. The number of aryl methyl sites for hydroxylation is 2. The van der Waals surface area contributed by atoms with Gasteiger partial charge in [-0.1, -0.05) is 0 Å². The lowest BCUT2D eigenvalue weighted by Crippen LogP contribution is -2.36. The highest BCUT2D eigenvalue weighted by Gasteiger charge is 2.23. The molecule has 1 aliphatic rings. The molecule has 0 saturated heterocycles. The maximum atomic E-state index is 11.9. The van der Waals surface area contributed by atoms with Crippen LogP contribution in [0.2, 0.25) is 0 Å². The third kappa shape index (κ3) is 3.27. The number of aromatic nitrogens is 4. The van der Waals surface area contributed by atoms with Gasteiger partial charge in [-0.15, -0.1) is 0 Å². The fourth-order valence-electron chi connectivity index (χ4n) is 3.11. The molecule has 0 unspecified atom stereocenters. The minimum Gasteiger partial charge on any atom is -0.337 e. The third-order valence-corrected chi connectivity index (χ3v) is 4.49. The van der Waals surface area contributed by atoms with Crippen LogP contribution in [0.1, 0.15) is 43.1 Å². The second-order valence-electron chi connectivity index (χ2n) is 6.14. The monoisotopic (exact) mass is 301 g/mol. The lowest BCUT2D eigenvalue weighted by Gasteiger charge is -2.29. The Kier molecular flexibility index (Phi) is 4.38. The zero-order valence-corrected chi connectivity index (χ0v) is 13.2. The van der Waals surface area contributed by atoms with Gasteiger partial charge in [-0.2, -0.15) is 5.10 Å². The highest BCUT2D eigenvalue weighted by Crippen LogP contribution is 2.27. The van der Waals surface area contributed by atoms with Crippen molar-refractivity contribution < 1.29 is 0 Å². The maximum Gasteiger partial charge on any atom is 0.267 e. The summed E-state index contributed by atoms with van der Waals surface area (Å²) in [5, 5.41) is 7.99. The van der Waals surface area contributed by atoms with Crippen molar-refractivity contribution in [3.8, 4) is 0 Å². The van der Waals surface area contributed by atoms with Gasteiger partial charge >= 0.3 is 0 Å². The minimum atomic E-state index is 0.0110. The van der Waals surface area contributed by atoms with E-state index in [9.17, 15) is 4.79 Å². The molecule has 0 radical (unpaired) electrons. The zero-order valence-electron chi connectivity index (χ0n) is 13.2. The molecule has 6 heteroatoms. The van der Waals surface area contributed by atoms with Crippen LogP contribution < -0.4 is 10.9 Å². The summed E-state index contributed by atoms with van der Waals surface area (Å²) in [5.74, 6) is 0. The average Bonchev–Trinajstić information content (AvgIpc) is 2.93. The summed E-state index contributed by atoms with van der Waals surface area (Å²) in [4.78, 5) is 16.1. The molecule has 2 aromatic rings. The van der Waals surface area contributed by atoms with E-state index < -0.39 is 0 Å². The first-order chi connectivity index (χ1) is 10.6. The van der Waals surface area contributed by atoms with Crippen molar-refractivity contribution in [2.24, 2.45) is 7.05 Å². The minimum absolute atomic E-state index is 0.0110. The van der Waals surface area contributed by atoms with Gasteiger partial charge in [0.15, 0.2) is 0 Å². The van der Waals surface area contributed by atoms with Gasteiger partial charge in [-0.25, -0.2) is 9.67 Å². The molecule has 0 atom stereocenters. The van der Waals surface area contributed by atoms with Crippen LogP contribution >= 0.6 is 0 Å². The van der Waals surface area contributed by atoms with E-state index in [1.807, 2.05) is 31.1 Å². The van der Waals surface area contributed by atoms with Crippen LogP contribution in [-0.2, 0) is 13.6 Å². The smallest absolute Gasteiger partial charge is 0.267 e. The quantitative estimate of drug-likeness (QED) is 0.931. The van der Waals surface area contributed by atoms with Crippen LogP contribution in [0.15, 0.2) is 29.5 Å². The van der Waals surface area contributed by atoms with Crippen molar-refractivity contribution >= 4 is 0 Å². The van der Waals surface area contributed by atoms with Crippen LogP contribution in [0.4, 0.5) is 0 Å². The maximum absolute atomic E-state index is 11.9. The number of hydrogen-bond donors (Lipinski definition) is 1. The normalized spacial score (nSPS) is 21.9. The van der Waals surface area contributed by atoms with E-state index in [1.165, 1.54) is 5.69 Å². The molecule has 3 rings (SSSR count). The second-order valence-corrected chi connectivity index (χ2v) is 6.14. The summed E-state index contributed by atoms with van der Waals surface area (Å²) in [6.45, 7) is 2.77. The molecule has 2 heterocycles. The number of rotatable bonds is 4. The molecule has 0 aliphatic heterocycles. The fraction of sp³-hybridized carbons (Fsp3) is 0.562. The fourth-order valence-corrected chi connectivity index (χ4v) is 3.11. The Morgan fingerprint density at radius 1 is 1.27 bits per heavy atom. The predicted molar refractivity (Wildman–Crippen MR) is 84.6 cm³/mol. The standard InChI is InChI=1S/C16H23N5O/c1-12-3-8-16(22)21(19-12)14-6-4-13(5-7-14)18-10-15-9-17-11-20(15)2/h3,8-9,11,13-14,18H,4-7,10H2,1-2H3.